The highest BCUT2D eigenvalue weighted by atomic mass is 32.1. The Morgan fingerprint density at radius 3 is 2.83 bits per heavy atom. The number of hydrogen-bond acceptors (Lipinski definition) is 6. The molecular weight excluding hydrogens is 322 g/mol. The maximum Gasteiger partial charge on any atom is 0.242 e. The van der Waals surface area contributed by atoms with Crippen molar-refractivity contribution in [3.05, 3.63) is 40.7 Å². The molecule has 1 saturated heterocycles. The van der Waals surface area contributed by atoms with Crippen LogP contribution in [0.25, 0.3) is 0 Å². The van der Waals surface area contributed by atoms with Crippen LogP contribution in [0.2, 0.25) is 0 Å². The molecule has 0 bridgehead atoms. The van der Waals surface area contributed by atoms with E-state index in [1.54, 1.807) is 12.4 Å². The van der Waals surface area contributed by atoms with Crippen molar-refractivity contribution in [3.63, 3.8) is 0 Å². The summed E-state index contributed by atoms with van der Waals surface area (Å²) in [6.07, 6.45) is 5.80. The van der Waals surface area contributed by atoms with Crippen LogP contribution in [-0.4, -0.2) is 38.5 Å². The summed E-state index contributed by atoms with van der Waals surface area (Å²) in [6.45, 7) is 6.56. The van der Waals surface area contributed by atoms with Crippen LogP contribution < -0.4 is 5.32 Å². The molecule has 0 saturated carbocycles. The van der Waals surface area contributed by atoms with E-state index in [9.17, 15) is 4.79 Å². The van der Waals surface area contributed by atoms with E-state index in [1.807, 2.05) is 12.1 Å². The van der Waals surface area contributed by atoms with Crippen molar-refractivity contribution in [1.29, 1.82) is 0 Å². The first-order chi connectivity index (χ1) is 11.7. The van der Waals surface area contributed by atoms with Gasteiger partial charge in [-0.05, 0) is 55.0 Å². The van der Waals surface area contributed by atoms with Gasteiger partial charge in [0.2, 0.25) is 5.91 Å². The molecule has 7 heteroatoms. The van der Waals surface area contributed by atoms with Crippen molar-refractivity contribution in [2.75, 3.05) is 13.1 Å². The van der Waals surface area contributed by atoms with Crippen LogP contribution in [0.3, 0.4) is 0 Å². The number of carbonyl (C=O) groups excluding carboxylic acids is 1. The minimum absolute atomic E-state index is 0.0213. The quantitative estimate of drug-likeness (QED) is 0.871. The van der Waals surface area contributed by atoms with Crippen molar-refractivity contribution >= 4 is 17.4 Å². The molecule has 0 aliphatic carbocycles. The van der Waals surface area contributed by atoms with Crippen molar-refractivity contribution in [2.24, 2.45) is 0 Å². The smallest absolute Gasteiger partial charge is 0.242 e. The van der Waals surface area contributed by atoms with Gasteiger partial charge in [-0.15, -0.1) is 5.10 Å². The minimum Gasteiger partial charge on any atom is -0.349 e. The summed E-state index contributed by atoms with van der Waals surface area (Å²) >= 11 is 1.36. The first kappa shape index (κ1) is 17.0. The number of amides is 1. The first-order valence-corrected chi connectivity index (χ1v) is 9.17. The lowest BCUT2D eigenvalue weighted by molar-refractivity contribution is -0.126. The van der Waals surface area contributed by atoms with Gasteiger partial charge < -0.3 is 5.32 Å². The van der Waals surface area contributed by atoms with Gasteiger partial charge in [-0.1, -0.05) is 24.4 Å². The SMILES string of the molecule is CC(C)c1nnsc1CNC(=O)[C@H](c1cccnc1)N1CCCC1. The van der Waals surface area contributed by atoms with Crippen LogP contribution in [0.1, 0.15) is 54.8 Å². The number of pyridine rings is 1. The molecule has 0 radical (unpaired) electrons. The van der Waals surface area contributed by atoms with Crippen molar-refractivity contribution in [2.45, 2.75) is 45.2 Å². The Kier molecular flexibility index (Phi) is 5.52. The van der Waals surface area contributed by atoms with E-state index in [1.165, 1.54) is 11.5 Å². The summed E-state index contributed by atoms with van der Waals surface area (Å²) < 4.78 is 4.02. The summed E-state index contributed by atoms with van der Waals surface area (Å²) in [7, 11) is 0. The molecule has 0 unspecified atom stereocenters. The van der Waals surface area contributed by atoms with Crippen LogP contribution in [-0.2, 0) is 11.3 Å². The average molecular weight is 345 g/mol. The van der Waals surface area contributed by atoms with Gasteiger partial charge in [0, 0.05) is 12.4 Å². The summed E-state index contributed by atoms with van der Waals surface area (Å²) in [5.74, 6) is 0.330. The number of likely N-dealkylation sites (tertiary alicyclic amines) is 1. The largest absolute Gasteiger partial charge is 0.349 e. The van der Waals surface area contributed by atoms with Crippen LogP contribution in [0.5, 0.6) is 0 Å². The Labute approximate surface area is 146 Å². The molecule has 1 amide bonds. The van der Waals surface area contributed by atoms with Crippen molar-refractivity contribution < 1.29 is 4.79 Å². The summed E-state index contributed by atoms with van der Waals surface area (Å²) in [4.78, 5) is 20.3. The van der Waals surface area contributed by atoms with Gasteiger partial charge in [0.25, 0.3) is 0 Å². The molecule has 1 N–H and O–H groups in total. The second-order valence-corrected chi connectivity index (χ2v) is 7.22. The number of rotatable bonds is 6. The molecule has 24 heavy (non-hydrogen) atoms. The minimum atomic E-state index is -0.274. The number of carbonyl (C=O) groups is 1. The van der Waals surface area contributed by atoms with Crippen LogP contribution in [0.15, 0.2) is 24.5 Å². The van der Waals surface area contributed by atoms with Gasteiger partial charge in [0.15, 0.2) is 0 Å². The maximum atomic E-state index is 12.9. The maximum absolute atomic E-state index is 12.9. The Morgan fingerprint density at radius 1 is 1.38 bits per heavy atom. The number of nitrogens with zero attached hydrogens (tertiary/aromatic N) is 4. The van der Waals surface area contributed by atoms with E-state index >= 15 is 0 Å². The fraction of sp³-hybridized carbons (Fsp3) is 0.529. The van der Waals surface area contributed by atoms with E-state index in [-0.39, 0.29) is 11.9 Å². The van der Waals surface area contributed by atoms with Crippen LogP contribution in [0.4, 0.5) is 0 Å². The van der Waals surface area contributed by atoms with Crippen molar-refractivity contribution in [1.82, 2.24) is 24.8 Å². The summed E-state index contributed by atoms with van der Waals surface area (Å²) in [5, 5.41) is 7.25. The molecule has 1 fully saturated rings. The van der Waals surface area contributed by atoms with Gasteiger partial charge in [0.1, 0.15) is 6.04 Å². The predicted molar refractivity (Wildman–Crippen MR) is 93.6 cm³/mol. The second-order valence-electron chi connectivity index (χ2n) is 6.39. The fourth-order valence-corrected chi connectivity index (χ4v) is 3.84. The highest BCUT2D eigenvalue weighted by Gasteiger charge is 2.30. The molecule has 2 aromatic rings. The van der Waals surface area contributed by atoms with Gasteiger partial charge in [-0.25, -0.2) is 0 Å². The standard InChI is InChI=1S/C17H23N5OS/c1-12(2)15-14(24-21-20-15)11-19-17(23)16(22-8-3-4-9-22)13-6-5-7-18-10-13/h5-7,10,12,16H,3-4,8-9,11H2,1-2H3,(H,19,23)/t16-/m0/s1. The first-order valence-electron chi connectivity index (χ1n) is 8.39. The average Bonchev–Trinajstić information content (AvgIpc) is 3.26. The van der Waals surface area contributed by atoms with E-state index < -0.39 is 0 Å². The second kappa shape index (κ2) is 7.81. The Balaban J connectivity index is 1.73. The highest BCUT2D eigenvalue weighted by molar-refractivity contribution is 7.05. The lowest BCUT2D eigenvalue weighted by Crippen LogP contribution is -2.39. The Bertz CT molecular complexity index is 667. The molecule has 2 aromatic heterocycles. The summed E-state index contributed by atoms with van der Waals surface area (Å²) in [6, 6.07) is 3.59. The number of nitrogens with one attached hydrogen (secondary N) is 1. The van der Waals surface area contributed by atoms with Gasteiger partial charge >= 0.3 is 0 Å². The molecule has 3 heterocycles. The molecule has 3 rings (SSSR count). The third-order valence-corrected chi connectivity index (χ3v) is 5.05. The Hall–Kier alpha value is -1.86. The molecular formula is C17H23N5OS. The topological polar surface area (TPSA) is 71.0 Å². The van der Waals surface area contributed by atoms with Crippen LogP contribution in [0, 0.1) is 0 Å². The van der Waals surface area contributed by atoms with Crippen LogP contribution >= 0.6 is 11.5 Å². The monoisotopic (exact) mass is 345 g/mol. The zero-order valence-corrected chi connectivity index (χ0v) is 14.9. The van der Waals surface area contributed by atoms with Gasteiger partial charge in [0.05, 0.1) is 17.1 Å². The molecule has 6 nitrogen and oxygen atoms in total. The normalized spacial score (nSPS) is 16.5. The fourth-order valence-electron chi connectivity index (χ4n) is 3.11. The summed E-state index contributed by atoms with van der Waals surface area (Å²) in [5.41, 5.74) is 1.92. The zero-order valence-electron chi connectivity index (χ0n) is 14.1. The lowest BCUT2D eigenvalue weighted by atomic mass is 10.1. The number of hydrogen-bond donors (Lipinski definition) is 1. The van der Waals surface area contributed by atoms with Crippen molar-refractivity contribution in [3.8, 4) is 0 Å². The van der Waals surface area contributed by atoms with E-state index in [2.05, 4.69) is 38.6 Å². The molecule has 1 aliphatic heterocycles. The molecule has 1 aliphatic rings. The van der Waals surface area contributed by atoms with E-state index in [0.29, 0.717) is 12.5 Å². The third-order valence-electron chi connectivity index (χ3n) is 4.31. The third kappa shape index (κ3) is 3.79. The highest BCUT2D eigenvalue weighted by Crippen LogP contribution is 2.25. The molecule has 0 aromatic carbocycles. The predicted octanol–water partition coefficient (Wildman–Crippen LogP) is 2.51. The lowest BCUT2D eigenvalue weighted by Gasteiger charge is -2.26. The van der Waals surface area contributed by atoms with Gasteiger partial charge in [-0.2, -0.15) is 0 Å². The molecule has 1 atom stereocenters. The zero-order chi connectivity index (χ0) is 16.9. The molecule has 128 valence electrons. The molecule has 0 spiro atoms. The van der Waals surface area contributed by atoms with E-state index in [4.69, 9.17) is 0 Å². The van der Waals surface area contributed by atoms with E-state index in [0.717, 1.165) is 42.1 Å². The van der Waals surface area contributed by atoms with Gasteiger partial charge in [-0.3, -0.25) is 14.7 Å². The number of aromatic nitrogens is 3. The Morgan fingerprint density at radius 2 is 2.17 bits per heavy atom.